The van der Waals surface area contributed by atoms with Crippen molar-refractivity contribution in [2.24, 2.45) is 0 Å². The second-order valence-corrected chi connectivity index (χ2v) is 7.02. The van der Waals surface area contributed by atoms with E-state index in [0.29, 0.717) is 24.3 Å². The van der Waals surface area contributed by atoms with Gasteiger partial charge < -0.3 is 10.2 Å². The fourth-order valence-corrected chi connectivity index (χ4v) is 3.25. The summed E-state index contributed by atoms with van der Waals surface area (Å²) in [4.78, 5) is 26.5. The van der Waals surface area contributed by atoms with Crippen molar-refractivity contribution < 1.29 is 14.0 Å². The highest BCUT2D eigenvalue weighted by Crippen LogP contribution is 2.18. The number of carbonyl (C=O) groups excluding carboxylic acids is 2. The van der Waals surface area contributed by atoms with Crippen molar-refractivity contribution in [3.63, 3.8) is 0 Å². The van der Waals surface area contributed by atoms with Crippen LogP contribution >= 0.6 is 0 Å². The standard InChI is InChI=1S/C21H20FN5O2/c1-14-7-8-16(9-17(14)22)21(29)23-10-18-19-12-26(11-15-5-3-2-4-6-15)20(28)13-27(19)25-24-18/h2-9H,10-13H2,1H3,(H,23,29). The Morgan fingerprint density at radius 3 is 2.72 bits per heavy atom. The summed E-state index contributed by atoms with van der Waals surface area (Å²) < 4.78 is 15.3. The number of hydrogen-bond acceptors (Lipinski definition) is 4. The minimum absolute atomic E-state index is 0.0306. The summed E-state index contributed by atoms with van der Waals surface area (Å²) in [5, 5.41) is 10.9. The molecule has 1 aromatic heterocycles. The van der Waals surface area contributed by atoms with Crippen LogP contribution in [0.4, 0.5) is 4.39 Å². The first-order valence-electron chi connectivity index (χ1n) is 9.28. The molecule has 29 heavy (non-hydrogen) atoms. The number of amides is 2. The quantitative estimate of drug-likeness (QED) is 0.721. The van der Waals surface area contributed by atoms with Crippen LogP contribution in [0.3, 0.4) is 0 Å². The Balaban J connectivity index is 1.45. The van der Waals surface area contributed by atoms with Gasteiger partial charge in [0.05, 0.1) is 18.8 Å². The molecule has 1 aliphatic heterocycles. The molecule has 0 atom stereocenters. The van der Waals surface area contributed by atoms with E-state index >= 15 is 0 Å². The van der Waals surface area contributed by atoms with Crippen LogP contribution in [0, 0.1) is 12.7 Å². The number of hydrogen-bond donors (Lipinski definition) is 1. The fourth-order valence-electron chi connectivity index (χ4n) is 3.25. The Hall–Kier alpha value is -3.55. The maximum atomic E-state index is 13.7. The summed E-state index contributed by atoms with van der Waals surface area (Å²) in [6.07, 6.45) is 0. The molecule has 148 valence electrons. The molecule has 7 nitrogen and oxygen atoms in total. The Morgan fingerprint density at radius 2 is 1.97 bits per heavy atom. The number of rotatable bonds is 5. The molecule has 3 aromatic rings. The van der Waals surface area contributed by atoms with E-state index in [9.17, 15) is 14.0 Å². The van der Waals surface area contributed by atoms with Crippen LogP contribution in [0.5, 0.6) is 0 Å². The number of carbonyl (C=O) groups is 2. The molecule has 2 amide bonds. The van der Waals surface area contributed by atoms with Gasteiger partial charge in [-0.2, -0.15) is 0 Å². The Kier molecular flexibility index (Phi) is 5.07. The van der Waals surface area contributed by atoms with E-state index in [1.807, 2.05) is 30.3 Å². The summed E-state index contributed by atoms with van der Waals surface area (Å²) in [5.41, 5.74) is 3.15. The fraction of sp³-hybridized carbons (Fsp3) is 0.238. The highest BCUT2D eigenvalue weighted by molar-refractivity contribution is 5.94. The topological polar surface area (TPSA) is 80.1 Å². The molecule has 0 unspecified atom stereocenters. The summed E-state index contributed by atoms with van der Waals surface area (Å²) in [6.45, 7) is 2.77. The molecule has 2 heterocycles. The zero-order valence-corrected chi connectivity index (χ0v) is 15.9. The second kappa shape index (κ2) is 7.83. The molecule has 0 fully saturated rings. The lowest BCUT2D eigenvalue weighted by Crippen LogP contribution is -2.39. The third-order valence-corrected chi connectivity index (χ3v) is 4.96. The molecule has 1 N–H and O–H groups in total. The molecule has 0 bridgehead atoms. The van der Waals surface area contributed by atoms with Crippen molar-refractivity contribution in [1.82, 2.24) is 25.2 Å². The van der Waals surface area contributed by atoms with Gasteiger partial charge in [0.2, 0.25) is 5.91 Å². The summed E-state index contributed by atoms with van der Waals surface area (Å²) in [7, 11) is 0. The van der Waals surface area contributed by atoms with Crippen LogP contribution in [-0.2, 0) is 31.0 Å². The first kappa shape index (κ1) is 18.8. The summed E-state index contributed by atoms with van der Waals surface area (Å²) in [6, 6.07) is 14.1. The monoisotopic (exact) mass is 393 g/mol. The van der Waals surface area contributed by atoms with E-state index in [1.165, 1.54) is 6.07 Å². The lowest BCUT2D eigenvalue weighted by molar-refractivity contribution is -0.135. The number of benzene rings is 2. The average Bonchev–Trinajstić information content (AvgIpc) is 3.11. The van der Waals surface area contributed by atoms with Gasteiger partial charge in [-0.3, -0.25) is 9.59 Å². The van der Waals surface area contributed by atoms with E-state index in [0.717, 1.165) is 11.3 Å². The van der Waals surface area contributed by atoms with Crippen LogP contribution < -0.4 is 5.32 Å². The lowest BCUT2D eigenvalue weighted by atomic mass is 10.1. The van der Waals surface area contributed by atoms with Crippen LogP contribution in [0.15, 0.2) is 48.5 Å². The predicted octanol–water partition coefficient (Wildman–Crippen LogP) is 2.20. The molecule has 4 rings (SSSR count). The SMILES string of the molecule is Cc1ccc(C(=O)NCc2nnn3c2CN(Cc2ccccc2)C(=O)C3)cc1F. The van der Waals surface area contributed by atoms with Crippen molar-refractivity contribution in [2.75, 3.05) is 0 Å². The molecular weight excluding hydrogens is 373 g/mol. The van der Waals surface area contributed by atoms with Crippen LogP contribution in [0.2, 0.25) is 0 Å². The maximum absolute atomic E-state index is 13.7. The first-order valence-corrected chi connectivity index (χ1v) is 9.28. The molecule has 0 saturated heterocycles. The Labute approximate surface area is 167 Å². The zero-order chi connectivity index (χ0) is 20.4. The third-order valence-electron chi connectivity index (χ3n) is 4.96. The van der Waals surface area contributed by atoms with Crippen molar-refractivity contribution in [3.05, 3.63) is 82.4 Å². The number of fused-ring (bicyclic) bond motifs is 1. The number of nitrogens with one attached hydrogen (secondary N) is 1. The minimum atomic E-state index is -0.422. The van der Waals surface area contributed by atoms with E-state index in [2.05, 4.69) is 15.6 Å². The van der Waals surface area contributed by atoms with E-state index < -0.39 is 11.7 Å². The molecule has 0 saturated carbocycles. The van der Waals surface area contributed by atoms with Gasteiger partial charge >= 0.3 is 0 Å². The summed E-state index contributed by atoms with van der Waals surface area (Å²) in [5.74, 6) is -0.843. The van der Waals surface area contributed by atoms with Gasteiger partial charge in [-0.1, -0.05) is 41.6 Å². The van der Waals surface area contributed by atoms with Crippen LogP contribution in [-0.4, -0.2) is 31.7 Å². The van der Waals surface area contributed by atoms with E-state index in [1.54, 1.807) is 28.6 Å². The Morgan fingerprint density at radius 1 is 1.17 bits per heavy atom. The smallest absolute Gasteiger partial charge is 0.251 e. The number of halogens is 1. The first-order chi connectivity index (χ1) is 14.0. The van der Waals surface area contributed by atoms with Gasteiger partial charge in [-0.05, 0) is 30.2 Å². The van der Waals surface area contributed by atoms with Gasteiger partial charge in [0.15, 0.2) is 0 Å². The van der Waals surface area contributed by atoms with Gasteiger partial charge in [0.25, 0.3) is 5.91 Å². The normalized spacial score (nSPS) is 13.3. The molecule has 8 heteroatoms. The molecule has 2 aromatic carbocycles. The van der Waals surface area contributed by atoms with Crippen molar-refractivity contribution in [2.45, 2.75) is 33.1 Å². The van der Waals surface area contributed by atoms with Crippen LogP contribution in [0.25, 0.3) is 0 Å². The lowest BCUT2D eigenvalue weighted by Gasteiger charge is -2.27. The number of aromatic nitrogens is 3. The average molecular weight is 393 g/mol. The van der Waals surface area contributed by atoms with Crippen molar-refractivity contribution >= 4 is 11.8 Å². The molecule has 1 aliphatic rings. The third kappa shape index (κ3) is 4.01. The van der Waals surface area contributed by atoms with Crippen molar-refractivity contribution in [3.8, 4) is 0 Å². The van der Waals surface area contributed by atoms with Crippen LogP contribution in [0.1, 0.15) is 32.9 Å². The number of aryl methyl sites for hydroxylation is 1. The van der Waals surface area contributed by atoms with Gasteiger partial charge in [0.1, 0.15) is 18.1 Å². The molecule has 0 radical (unpaired) electrons. The van der Waals surface area contributed by atoms with Crippen molar-refractivity contribution in [1.29, 1.82) is 0 Å². The largest absolute Gasteiger partial charge is 0.346 e. The highest BCUT2D eigenvalue weighted by Gasteiger charge is 2.27. The minimum Gasteiger partial charge on any atom is -0.346 e. The van der Waals surface area contributed by atoms with Gasteiger partial charge in [-0.15, -0.1) is 5.10 Å². The number of nitrogens with zero attached hydrogens (tertiary/aromatic N) is 4. The Bertz CT molecular complexity index is 1060. The second-order valence-electron chi connectivity index (χ2n) is 7.02. The van der Waals surface area contributed by atoms with E-state index in [4.69, 9.17) is 0 Å². The maximum Gasteiger partial charge on any atom is 0.251 e. The molecule has 0 spiro atoms. The molecular formula is C21H20FN5O2. The highest BCUT2D eigenvalue weighted by atomic mass is 19.1. The van der Waals surface area contributed by atoms with Gasteiger partial charge in [-0.25, -0.2) is 9.07 Å². The van der Waals surface area contributed by atoms with Gasteiger partial charge in [0, 0.05) is 12.1 Å². The molecule has 0 aliphatic carbocycles. The zero-order valence-electron chi connectivity index (χ0n) is 15.9. The summed E-state index contributed by atoms with van der Waals surface area (Å²) >= 11 is 0. The van der Waals surface area contributed by atoms with E-state index in [-0.39, 0.29) is 24.6 Å². The predicted molar refractivity (Wildman–Crippen MR) is 103 cm³/mol.